The molecule has 0 spiro atoms. The Balaban J connectivity index is 1.93. The molecule has 1 aromatic heterocycles. The first-order valence-corrected chi connectivity index (χ1v) is 10.3. The van der Waals surface area contributed by atoms with E-state index in [-0.39, 0.29) is 17.5 Å². The van der Waals surface area contributed by atoms with Gasteiger partial charge in [0.2, 0.25) is 0 Å². The molecule has 1 fully saturated rings. The third-order valence-electron chi connectivity index (χ3n) is 5.74. The average Bonchev–Trinajstić information content (AvgIpc) is 2.99. The molecule has 29 heavy (non-hydrogen) atoms. The lowest BCUT2D eigenvalue weighted by Crippen LogP contribution is -2.49. The molecule has 2 aromatic rings. The highest BCUT2D eigenvalue weighted by Crippen LogP contribution is 2.27. The van der Waals surface area contributed by atoms with E-state index in [9.17, 15) is 10.1 Å². The molecule has 5 nitrogen and oxygen atoms in total. The number of benzene rings is 1. The number of nitriles is 1. The Hall–Kier alpha value is -2.84. The Morgan fingerprint density at radius 2 is 1.97 bits per heavy atom. The van der Waals surface area contributed by atoms with Crippen LogP contribution in [0.2, 0.25) is 0 Å². The number of carbonyl (C=O) groups is 1. The molecule has 1 aliphatic rings. The molecule has 1 aromatic carbocycles. The molecule has 2 heterocycles. The molecule has 1 saturated heterocycles. The number of piperazine rings is 1. The lowest BCUT2D eigenvalue weighted by molar-refractivity contribution is -0.131. The number of hydrogen-bond donors (Lipinski definition) is 0. The zero-order chi connectivity index (χ0) is 21.0. The molecule has 152 valence electrons. The molecule has 1 amide bonds. The van der Waals surface area contributed by atoms with Gasteiger partial charge in [-0.1, -0.05) is 37.3 Å². The van der Waals surface area contributed by atoms with Crippen LogP contribution in [0.25, 0.3) is 6.08 Å². The SMILES string of the molecule is CCCn1c(C)cc(/C=C(\C#N)C(=O)N2CCN(C)CC2c2ccccc2)c1C. The van der Waals surface area contributed by atoms with Gasteiger partial charge in [0, 0.05) is 37.6 Å². The third-order valence-corrected chi connectivity index (χ3v) is 5.74. The smallest absolute Gasteiger partial charge is 0.265 e. The number of likely N-dealkylation sites (N-methyl/N-ethyl adjacent to an activating group) is 1. The van der Waals surface area contributed by atoms with E-state index < -0.39 is 0 Å². The number of rotatable bonds is 5. The minimum atomic E-state index is -0.185. The van der Waals surface area contributed by atoms with Crippen molar-refractivity contribution in [3.8, 4) is 6.07 Å². The van der Waals surface area contributed by atoms with Gasteiger partial charge in [-0.25, -0.2) is 0 Å². The first-order chi connectivity index (χ1) is 14.0. The summed E-state index contributed by atoms with van der Waals surface area (Å²) in [5.41, 5.74) is 4.51. The van der Waals surface area contributed by atoms with E-state index in [1.807, 2.05) is 23.1 Å². The Bertz CT molecular complexity index is 936. The van der Waals surface area contributed by atoms with Gasteiger partial charge < -0.3 is 14.4 Å². The van der Waals surface area contributed by atoms with Gasteiger partial charge in [-0.2, -0.15) is 5.26 Å². The van der Waals surface area contributed by atoms with Crippen molar-refractivity contribution in [1.82, 2.24) is 14.4 Å². The van der Waals surface area contributed by atoms with Crippen molar-refractivity contribution >= 4 is 12.0 Å². The zero-order valence-corrected chi connectivity index (χ0v) is 17.9. The zero-order valence-electron chi connectivity index (χ0n) is 17.9. The van der Waals surface area contributed by atoms with Gasteiger partial charge in [0.05, 0.1) is 6.04 Å². The highest BCUT2D eigenvalue weighted by atomic mass is 16.2. The molecule has 0 bridgehead atoms. The van der Waals surface area contributed by atoms with E-state index >= 15 is 0 Å². The quantitative estimate of drug-likeness (QED) is 0.574. The van der Waals surface area contributed by atoms with Crippen LogP contribution in [0.15, 0.2) is 42.0 Å². The molecule has 0 radical (unpaired) electrons. The van der Waals surface area contributed by atoms with Gasteiger partial charge in [-0.15, -0.1) is 0 Å². The second kappa shape index (κ2) is 9.11. The minimum absolute atomic E-state index is 0.0493. The molecule has 1 atom stereocenters. The Labute approximate surface area is 173 Å². The van der Waals surface area contributed by atoms with Crippen molar-refractivity contribution in [2.45, 2.75) is 39.8 Å². The van der Waals surface area contributed by atoms with Crippen molar-refractivity contribution in [1.29, 1.82) is 5.26 Å². The monoisotopic (exact) mass is 390 g/mol. The largest absolute Gasteiger partial charge is 0.349 e. The Morgan fingerprint density at radius 3 is 2.62 bits per heavy atom. The van der Waals surface area contributed by atoms with Gasteiger partial charge in [0.25, 0.3) is 5.91 Å². The van der Waals surface area contributed by atoms with Crippen molar-refractivity contribution in [3.05, 3.63) is 64.5 Å². The first kappa shape index (κ1) is 20.9. The molecular formula is C24H30N4O. The van der Waals surface area contributed by atoms with Crippen LogP contribution >= 0.6 is 0 Å². The van der Waals surface area contributed by atoms with Gasteiger partial charge >= 0.3 is 0 Å². The van der Waals surface area contributed by atoms with E-state index in [0.717, 1.165) is 48.6 Å². The van der Waals surface area contributed by atoms with E-state index in [1.165, 1.54) is 0 Å². The van der Waals surface area contributed by atoms with Crippen LogP contribution in [0, 0.1) is 25.2 Å². The molecule has 5 heteroatoms. The molecule has 0 N–H and O–H groups in total. The third kappa shape index (κ3) is 4.44. The van der Waals surface area contributed by atoms with Crippen LogP contribution in [0.1, 0.15) is 41.9 Å². The lowest BCUT2D eigenvalue weighted by Gasteiger charge is -2.40. The van der Waals surface area contributed by atoms with Crippen LogP contribution in [-0.4, -0.2) is 47.0 Å². The maximum absolute atomic E-state index is 13.4. The highest BCUT2D eigenvalue weighted by Gasteiger charge is 2.32. The minimum Gasteiger partial charge on any atom is -0.349 e. The summed E-state index contributed by atoms with van der Waals surface area (Å²) in [5.74, 6) is -0.185. The van der Waals surface area contributed by atoms with Gasteiger partial charge in [-0.3, -0.25) is 4.79 Å². The van der Waals surface area contributed by atoms with E-state index in [4.69, 9.17) is 0 Å². The number of nitrogens with zero attached hydrogens (tertiary/aromatic N) is 4. The fourth-order valence-corrected chi connectivity index (χ4v) is 4.12. The fraction of sp³-hybridized carbons (Fsp3) is 0.417. The second-order valence-corrected chi connectivity index (χ2v) is 7.84. The van der Waals surface area contributed by atoms with Crippen molar-refractivity contribution < 1.29 is 4.79 Å². The predicted octanol–water partition coefficient (Wildman–Crippen LogP) is 3.94. The average molecular weight is 391 g/mol. The van der Waals surface area contributed by atoms with Gasteiger partial charge in [-0.05, 0) is 50.6 Å². The maximum atomic E-state index is 13.4. The number of carbonyl (C=O) groups excluding carboxylic acids is 1. The topological polar surface area (TPSA) is 52.3 Å². The predicted molar refractivity (Wildman–Crippen MR) is 116 cm³/mol. The molecule has 1 unspecified atom stereocenters. The van der Waals surface area contributed by atoms with Crippen molar-refractivity contribution in [2.75, 3.05) is 26.7 Å². The highest BCUT2D eigenvalue weighted by molar-refractivity contribution is 6.02. The summed E-state index contributed by atoms with van der Waals surface area (Å²) in [6.45, 7) is 9.39. The molecule has 0 aliphatic carbocycles. The summed E-state index contributed by atoms with van der Waals surface area (Å²) in [7, 11) is 2.07. The van der Waals surface area contributed by atoms with Gasteiger partial charge in [0.15, 0.2) is 0 Å². The van der Waals surface area contributed by atoms with Gasteiger partial charge in [0.1, 0.15) is 11.6 Å². The van der Waals surface area contributed by atoms with Crippen LogP contribution in [-0.2, 0) is 11.3 Å². The number of amides is 1. The van der Waals surface area contributed by atoms with Crippen LogP contribution in [0.4, 0.5) is 0 Å². The molecule has 3 rings (SSSR count). The molecule has 0 saturated carbocycles. The first-order valence-electron chi connectivity index (χ1n) is 10.3. The summed E-state index contributed by atoms with van der Waals surface area (Å²) in [4.78, 5) is 17.5. The van der Waals surface area contributed by atoms with Crippen LogP contribution in [0.5, 0.6) is 0 Å². The maximum Gasteiger partial charge on any atom is 0.265 e. The number of aryl methyl sites for hydroxylation is 1. The summed E-state index contributed by atoms with van der Waals surface area (Å²) >= 11 is 0. The molecule has 1 aliphatic heterocycles. The summed E-state index contributed by atoms with van der Waals surface area (Å²) in [6, 6.07) is 14.3. The Kier molecular flexibility index (Phi) is 6.56. The van der Waals surface area contributed by atoms with Crippen LogP contribution < -0.4 is 0 Å². The normalized spacial score (nSPS) is 18.0. The lowest BCUT2D eigenvalue weighted by atomic mass is 10.0. The summed E-state index contributed by atoms with van der Waals surface area (Å²) in [6.07, 6.45) is 2.81. The Morgan fingerprint density at radius 1 is 1.24 bits per heavy atom. The van der Waals surface area contributed by atoms with E-state index in [0.29, 0.717) is 6.54 Å². The van der Waals surface area contributed by atoms with E-state index in [2.05, 4.69) is 61.6 Å². The van der Waals surface area contributed by atoms with Crippen molar-refractivity contribution in [3.63, 3.8) is 0 Å². The summed E-state index contributed by atoms with van der Waals surface area (Å²) in [5, 5.41) is 9.78. The fourth-order valence-electron chi connectivity index (χ4n) is 4.12. The summed E-state index contributed by atoms with van der Waals surface area (Å²) < 4.78 is 2.24. The van der Waals surface area contributed by atoms with E-state index in [1.54, 1.807) is 6.08 Å². The van der Waals surface area contributed by atoms with Crippen LogP contribution in [0.3, 0.4) is 0 Å². The second-order valence-electron chi connectivity index (χ2n) is 7.84. The number of aromatic nitrogens is 1. The van der Waals surface area contributed by atoms with Crippen molar-refractivity contribution in [2.24, 2.45) is 0 Å². The number of hydrogen-bond acceptors (Lipinski definition) is 3. The molecular weight excluding hydrogens is 360 g/mol. The standard InChI is InChI=1S/C24H30N4O/c1-5-11-27-18(2)14-21(19(27)3)15-22(16-25)24(29)28-13-12-26(4)17-23(28)20-9-7-6-8-10-20/h6-10,14-15,23H,5,11-13,17H2,1-4H3/b22-15+.